The van der Waals surface area contributed by atoms with Gasteiger partial charge in [0.05, 0.1) is 23.0 Å². The van der Waals surface area contributed by atoms with Crippen molar-refractivity contribution in [1.82, 2.24) is 9.78 Å². The Morgan fingerprint density at radius 1 is 1.53 bits per heavy atom. The lowest BCUT2D eigenvalue weighted by Crippen LogP contribution is -2.17. The standard InChI is InChI=1S/C12H16ClN3O/c1-4-16-12(10(13)6-15-16)11(14)9-5-7(2)17-8(9)3/h5-6,11H,4,14H2,1-3H3. The fourth-order valence-corrected chi connectivity index (χ4v) is 2.30. The predicted octanol–water partition coefficient (Wildman–Crippen LogP) is 2.81. The summed E-state index contributed by atoms with van der Waals surface area (Å²) in [7, 11) is 0. The molecule has 92 valence electrons. The van der Waals surface area contributed by atoms with Crippen LogP contribution in [0.3, 0.4) is 0 Å². The van der Waals surface area contributed by atoms with Crippen LogP contribution in [0, 0.1) is 13.8 Å². The molecule has 0 aliphatic heterocycles. The van der Waals surface area contributed by atoms with Crippen molar-refractivity contribution in [1.29, 1.82) is 0 Å². The molecule has 2 rings (SSSR count). The first kappa shape index (κ1) is 12.2. The summed E-state index contributed by atoms with van der Waals surface area (Å²) >= 11 is 6.13. The first-order valence-electron chi connectivity index (χ1n) is 5.58. The Labute approximate surface area is 105 Å². The summed E-state index contributed by atoms with van der Waals surface area (Å²) in [6, 6.07) is 1.64. The number of nitrogens with zero attached hydrogens (tertiary/aromatic N) is 2. The fraction of sp³-hybridized carbons (Fsp3) is 0.417. The number of furan rings is 1. The zero-order valence-corrected chi connectivity index (χ0v) is 11.0. The maximum Gasteiger partial charge on any atom is 0.106 e. The van der Waals surface area contributed by atoms with Gasteiger partial charge in [0.2, 0.25) is 0 Å². The molecule has 0 aliphatic carbocycles. The molecule has 0 aromatic carbocycles. The molecule has 2 N–H and O–H groups in total. The zero-order valence-electron chi connectivity index (χ0n) is 10.2. The highest BCUT2D eigenvalue weighted by molar-refractivity contribution is 6.31. The number of rotatable bonds is 3. The van der Waals surface area contributed by atoms with Crippen LogP contribution < -0.4 is 5.73 Å². The minimum Gasteiger partial charge on any atom is -0.466 e. The van der Waals surface area contributed by atoms with E-state index >= 15 is 0 Å². The van der Waals surface area contributed by atoms with Gasteiger partial charge in [-0.3, -0.25) is 4.68 Å². The van der Waals surface area contributed by atoms with Gasteiger partial charge in [-0.2, -0.15) is 5.10 Å². The summed E-state index contributed by atoms with van der Waals surface area (Å²) in [6.07, 6.45) is 1.63. The Morgan fingerprint density at radius 3 is 2.76 bits per heavy atom. The molecule has 17 heavy (non-hydrogen) atoms. The SMILES string of the molecule is CCn1ncc(Cl)c1C(N)c1cc(C)oc1C. The Balaban J connectivity index is 2.46. The molecule has 0 radical (unpaired) electrons. The van der Waals surface area contributed by atoms with Crippen molar-refractivity contribution in [3.8, 4) is 0 Å². The average molecular weight is 254 g/mol. The monoisotopic (exact) mass is 253 g/mol. The molecule has 0 amide bonds. The van der Waals surface area contributed by atoms with E-state index in [0.717, 1.165) is 29.3 Å². The summed E-state index contributed by atoms with van der Waals surface area (Å²) in [5.41, 5.74) is 8.04. The quantitative estimate of drug-likeness (QED) is 0.915. The molecule has 5 heteroatoms. The second kappa shape index (κ2) is 4.55. The lowest BCUT2D eigenvalue weighted by atomic mass is 10.1. The second-order valence-electron chi connectivity index (χ2n) is 4.04. The predicted molar refractivity (Wildman–Crippen MR) is 67.1 cm³/mol. The van der Waals surface area contributed by atoms with Crippen LogP contribution in [0.1, 0.15) is 35.7 Å². The number of nitrogens with two attached hydrogens (primary N) is 1. The smallest absolute Gasteiger partial charge is 0.106 e. The van der Waals surface area contributed by atoms with E-state index < -0.39 is 0 Å². The van der Waals surface area contributed by atoms with E-state index in [1.54, 1.807) is 6.20 Å². The molecular weight excluding hydrogens is 238 g/mol. The summed E-state index contributed by atoms with van der Waals surface area (Å²) < 4.78 is 7.31. The molecule has 2 aromatic rings. The number of hydrogen-bond acceptors (Lipinski definition) is 3. The largest absolute Gasteiger partial charge is 0.466 e. The first-order valence-corrected chi connectivity index (χ1v) is 5.96. The summed E-state index contributed by atoms with van der Waals surface area (Å²) in [5.74, 6) is 1.68. The topological polar surface area (TPSA) is 57.0 Å². The van der Waals surface area contributed by atoms with E-state index in [0.29, 0.717) is 5.02 Å². The molecular formula is C12H16ClN3O. The highest BCUT2D eigenvalue weighted by Crippen LogP contribution is 2.29. The van der Waals surface area contributed by atoms with Crippen molar-refractivity contribution >= 4 is 11.6 Å². The highest BCUT2D eigenvalue weighted by Gasteiger charge is 2.21. The maximum absolute atomic E-state index is 6.25. The summed E-state index contributed by atoms with van der Waals surface area (Å²) in [4.78, 5) is 0. The lowest BCUT2D eigenvalue weighted by molar-refractivity contribution is 0.498. The molecule has 1 atom stereocenters. The normalized spacial score (nSPS) is 13.0. The number of aryl methyl sites for hydroxylation is 3. The van der Waals surface area contributed by atoms with Crippen LogP contribution in [-0.2, 0) is 6.54 Å². The van der Waals surface area contributed by atoms with Gasteiger partial charge in [-0.25, -0.2) is 0 Å². The third-order valence-corrected chi connectivity index (χ3v) is 3.13. The van der Waals surface area contributed by atoms with Gasteiger partial charge in [0, 0.05) is 12.1 Å². The van der Waals surface area contributed by atoms with Gasteiger partial charge >= 0.3 is 0 Å². The van der Waals surface area contributed by atoms with Crippen molar-refractivity contribution in [3.63, 3.8) is 0 Å². The minimum absolute atomic E-state index is 0.303. The lowest BCUT2D eigenvalue weighted by Gasteiger charge is -2.13. The van der Waals surface area contributed by atoms with E-state index in [2.05, 4.69) is 5.10 Å². The molecule has 0 spiro atoms. The van der Waals surface area contributed by atoms with Crippen LogP contribution in [-0.4, -0.2) is 9.78 Å². The fourth-order valence-electron chi connectivity index (χ4n) is 2.04. The molecule has 0 aliphatic rings. The molecule has 0 fully saturated rings. The average Bonchev–Trinajstić information content (AvgIpc) is 2.80. The summed E-state index contributed by atoms with van der Waals surface area (Å²) in [6.45, 7) is 6.56. The molecule has 2 aromatic heterocycles. The van der Waals surface area contributed by atoms with E-state index in [9.17, 15) is 0 Å². The molecule has 0 saturated carbocycles. The summed E-state index contributed by atoms with van der Waals surface area (Å²) in [5, 5.41) is 4.79. The molecule has 4 nitrogen and oxygen atoms in total. The zero-order chi connectivity index (χ0) is 12.6. The van der Waals surface area contributed by atoms with E-state index in [1.807, 2.05) is 31.5 Å². The minimum atomic E-state index is -0.303. The van der Waals surface area contributed by atoms with Crippen LogP contribution in [0.4, 0.5) is 0 Å². The van der Waals surface area contributed by atoms with E-state index in [1.165, 1.54) is 0 Å². The van der Waals surface area contributed by atoms with E-state index in [-0.39, 0.29) is 6.04 Å². The van der Waals surface area contributed by atoms with Gasteiger partial charge < -0.3 is 10.2 Å². The number of aromatic nitrogens is 2. The van der Waals surface area contributed by atoms with Crippen molar-refractivity contribution < 1.29 is 4.42 Å². The third-order valence-electron chi connectivity index (χ3n) is 2.84. The third kappa shape index (κ3) is 2.10. The number of hydrogen-bond donors (Lipinski definition) is 1. The molecule has 0 bridgehead atoms. The van der Waals surface area contributed by atoms with Crippen LogP contribution in [0.2, 0.25) is 5.02 Å². The van der Waals surface area contributed by atoms with Gasteiger partial charge in [0.15, 0.2) is 0 Å². The highest BCUT2D eigenvalue weighted by atomic mass is 35.5. The van der Waals surface area contributed by atoms with Gasteiger partial charge in [-0.05, 0) is 26.8 Å². The maximum atomic E-state index is 6.25. The van der Waals surface area contributed by atoms with Crippen LogP contribution in [0.5, 0.6) is 0 Å². The van der Waals surface area contributed by atoms with Crippen LogP contribution >= 0.6 is 11.6 Å². The first-order chi connectivity index (χ1) is 8.04. The van der Waals surface area contributed by atoms with Crippen LogP contribution in [0.15, 0.2) is 16.7 Å². The van der Waals surface area contributed by atoms with Gasteiger partial charge in [-0.15, -0.1) is 0 Å². The van der Waals surface area contributed by atoms with Crippen molar-refractivity contribution in [2.24, 2.45) is 5.73 Å². The van der Waals surface area contributed by atoms with Crippen molar-refractivity contribution in [3.05, 3.63) is 40.1 Å². The molecule has 0 saturated heterocycles. The number of halogens is 1. The second-order valence-corrected chi connectivity index (χ2v) is 4.45. The van der Waals surface area contributed by atoms with E-state index in [4.69, 9.17) is 21.8 Å². The Bertz CT molecular complexity index is 530. The van der Waals surface area contributed by atoms with Crippen molar-refractivity contribution in [2.75, 3.05) is 0 Å². The molecule has 2 heterocycles. The van der Waals surface area contributed by atoms with Gasteiger partial charge in [-0.1, -0.05) is 11.6 Å². The van der Waals surface area contributed by atoms with Crippen LogP contribution in [0.25, 0.3) is 0 Å². The molecule has 1 unspecified atom stereocenters. The van der Waals surface area contributed by atoms with Crippen molar-refractivity contribution in [2.45, 2.75) is 33.4 Å². The van der Waals surface area contributed by atoms with Gasteiger partial charge in [0.1, 0.15) is 11.5 Å². The van der Waals surface area contributed by atoms with Gasteiger partial charge in [0.25, 0.3) is 0 Å². The Kier molecular flexibility index (Phi) is 3.26. The Morgan fingerprint density at radius 2 is 2.24 bits per heavy atom. The Hall–Kier alpha value is -1.26.